The van der Waals surface area contributed by atoms with Crippen LogP contribution in [0.3, 0.4) is 0 Å². The molecule has 2 aromatic rings. The average molecular weight is 299 g/mol. The number of esters is 1. The predicted octanol–water partition coefficient (Wildman–Crippen LogP) is 3.09. The summed E-state index contributed by atoms with van der Waals surface area (Å²) < 4.78 is 9.96. The lowest BCUT2D eigenvalue weighted by atomic mass is 10.0. The topological polar surface area (TPSA) is 47.6 Å². The predicted molar refractivity (Wildman–Crippen MR) is 85.6 cm³/mol. The van der Waals surface area contributed by atoms with E-state index in [1.165, 1.54) is 12.7 Å². The van der Waals surface area contributed by atoms with Crippen LogP contribution in [0.4, 0.5) is 0 Å². The van der Waals surface area contributed by atoms with E-state index in [-0.39, 0.29) is 18.4 Å². The Morgan fingerprint density at radius 1 is 1.05 bits per heavy atom. The minimum atomic E-state index is -0.235. The van der Waals surface area contributed by atoms with Crippen molar-refractivity contribution in [3.05, 3.63) is 65.7 Å². The van der Waals surface area contributed by atoms with Gasteiger partial charge < -0.3 is 14.8 Å². The second-order valence-corrected chi connectivity index (χ2v) is 4.97. The Labute approximate surface area is 131 Å². The highest BCUT2D eigenvalue weighted by atomic mass is 16.5. The van der Waals surface area contributed by atoms with Gasteiger partial charge in [0, 0.05) is 12.6 Å². The Bertz CT molecular complexity index is 581. The van der Waals surface area contributed by atoms with Gasteiger partial charge >= 0.3 is 5.97 Å². The fraction of sp³-hybridized carbons (Fsp3) is 0.278. The molecule has 4 heteroatoms. The van der Waals surface area contributed by atoms with Crippen LogP contribution in [0.25, 0.3) is 0 Å². The Morgan fingerprint density at radius 3 is 2.32 bits per heavy atom. The van der Waals surface area contributed by atoms with E-state index >= 15 is 0 Å². The molecule has 0 aliphatic heterocycles. The highest BCUT2D eigenvalue weighted by Gasteiger charge is 2.16. The van der Waals surface area contributed by atoms with Crippen molar-refractivity contribution in [3.63, 3.8) is 0 Å². The van der Waals surface area contributed by atoms with Crippen LogP contribution in [0.15, 0.2) is 54.6 Å². The zero-order valence-corrected chi connectivity index (χ0v) is 12.9. The van der Waals surface area contributed by atoms with Crippen LogP contribution in [0.2, 0.25) is 0 Å². The van der Waals surface area contributed by atoms with Gasteiger partial charge in [0.2, 0.25) is 0 Å². The number of rotatable bonds is 7. The Hall–Kier alpha value is -2.33. The number of ether oxygens (including phenoxy) is 2. The van der Waals surface area contributed by atoms with Crippen LogP contribution in [0.1, 0.15) is 23.6 Å². The van der Waals surface area contributed by atoms with Crippen molar-refractivity contribution in [1.82, 2.24) is 5.32 Å². The van der Waals surface area contributed by atoms with E-state index in [1.54, 1.807) is 7.11 Å². The van der Waals surface area contributed by atoms with Gasteiger partial charge in [0.05, 0.1) is 20.6 Å². The monoisotopic (exact) mass is 299 g/mol. The molecule has 0 fully saturated rings. The number of carbonyl (C=O) groups is 1. The molecule has 4 nitrogen and oxygen atoms in total. The molecule has 2 rings (SSSR count). The van der Waals surface area contributed by atoms with Gasteiger partial charge in [-0.3, -0.25) is 4.79 Å². The van der Waals surface area contributed by atoms with Gasteiger partial charge in [0.1, 0.15) is 5.75 Å². The quantitative estimate of drug-likeness (QED) is 0.798. The molecule has 0 unspecified atom stereocenters. The average Bonchev–Trinajstić information content (AvgIpc) is 2.59. The van der Waals surface area contributed by atoms with Crippen molar-refractivity contribution in [2.45, 2.75) is 19.0 Å². The van der Waals surface area contributed by atoms with E-state index in [4.69, 9.17) is 9.47 Å². The summed E-state index contributed by atoms with van der Waals surface area (Å²) in [6, 6.07) is 17.7. The molecule has 2 aromatic carbocycles. The third-order valence-electron chi connectivity index (χ3n) is 3.51. The van der Waals surface area contributed by atoms with Crippen LogP contribution in [0.5, 0.6) is 5.75 Å². The maximum absolute atomic E-state index is 11.6. The smallest absolute Gasteiger partial charge is 0.307 e. The first-order valence-corrected chi connectivity index (χ1v) is 7.21. The van der Waals surface area contributed by atoms with Crippen LogP contribution < -0.4 is 10.1 Å². The molecular formula is C18H21NO3. The van der Waals surface area contributed by atoms with E-state index in [9.17, 15) is 4.79 Å². The first kappa shape index (κ1) is 16.0. The Kier molecular flexibility index (Phi) is 5.98. The minimum absolute atomic E-state index is 0.0986. The van der Waals surface area contributed by atoms with Crippen molar-refractivity contribution in [2.75, 3.05) is 14.2 Å². The molecule has 0 heterocycles. The van der Waals surface area contributed by atoms with Crippen LogP contribution in [0, 0.1) is 0 Å². The summed E-state index contributed by atoms with van der Waals surface area (Å²) in [6.07, 6.45) is 0.287. The van der Waals surface area contributed by atoms with E-state index in [2.05, 4.69) is 17.4 Å². The highest BCUT2D eigenvalue weighted by molar-refractivity contribution is 5.70. The maximum Gasteiger partial charge on any atom is 0.307 e. The third-order valence-corrected chi connectivity index (χ3v) is 3.51. The summed E-state index contributed by atoms with van der Waals surface area (Å²) in [5.41, 5.74) is 2.20. The number of methoxy groups -OCH3 is 2. The lowest BCUT2D eigenvalue weighted by molar-refractivity contribution is -0.141. The molecule has 1 atom stereocenters. The summed E-state index contributed by atoms with van der Waals surface area (Å²) in [4.78, 5) is 11.6. The van der Waals surface area contributed by atoms with Crippen molar-refractivity contribution < 1.29 is 14.3 Å². The molecule has 0 radical (unpaired) electrons. The van der Waals surface area contributed by atoms with Gasteiger partial charge in [0.25, 0.3) is 0 Å². The lowest BCUT2D eigenvalue weighted by Gasteiger charge is -2.18. The number of nitrogens with one attached hydrogen (secondary N) is 1. The molecule has 22 heavy (non-hydrogen) atoms. The lowest BCUT2D eigenvalue weighted by Crippen LogP contribution is -2.24. The van der Waals surface area contributed by atoms with Crippen molar-refractivity contribution in [1.29, 1.82) is 0 Å². The van der Waals surface area contributed by atoms with Gasteiger partial charge in [-0.05, 0) is 23.3 Å². The summed E-state index contributed by atoms with van der Waals surface area (Å²) in [5, 5.41) is 3.41. The molecule has 0 bridgehead atoms. The van der Waals surface area contributed by atoms with Gasteiger partial charge in [0.15, 0.2) is 0 Å². The van der Waals surface area contributed by atoms with Crippen LogP contribution in [-0.4, -0.2) is 20.2 Å². The van der Waals surface area contributed by atoms with Crippen molar-refractivity contribution in [2.24, 2.45) is 0 Å². The summed E-state index contributed by atoms with van der Waals surface area (Å²) >= 11 is 0. The largest absolute Gasteiger partial charge is 0.497 e. The summed E-state index contributed by atoms with van der Waals surface area (Å²) in [5.74, 6) is 0.560. The Morgan fingerprint density at radius 2 is 1.73 bits per heavy atom. The first-order valence-electron chi connectivity index (χ1n) is 7.21. The zero-order chi connectivity index (χ0) is 15.8. The van der Waals surface area contributed by atoms with Gasteiger partial charge in [-0.25, -0.2) is 0 Å². The summed E-state index contributed by atoms with van der Waals surface area (Å²) in [6.45, 7) is 0.689. The number of benzene rings is 2. The third kappa shape index (κ3) is 4.60. The number of hydrogen-bond donors (Lipinski definition) is 1. The van der Waals surface area contributed by atoms with Crippen LogP contribution in [-0.2, 0) is 16.1 Å². The zero-order valence-electron chi connectivity index (χ0n) is 12.9. The molecule has 0 aromatic heterocycles. The van der Waals surface area contributed by atoms with Crippen molar-refractivity contribution >= 4 is 5.97 Å². The number of carbonyl (C=O) groups excluding carboxylic acids is 1. The first-order chi connectivity index (χ1) is 10.7. The van der Waals surface area contributed by atoms with E-state index < -0.39 is 0 Å². The second-order valence-electron chi connectivity index (χ2n) is 4.97. The Balaban J connectivity index is 2.09. The summed E-state index contributed by atoms with van der Waals surface area (Å²) in [7, 11) is 3.04. The SMILES string of the molecule is COC(=O)C[C@H](NCc1ccccc1)c1ccc(OC)cc1. The fourth-order valence-electron chi connectivity index (χ4n) is 2.23. The molecule has 116 valence electrons. The van der Waals surface area contributed by atoms with Gasteiger partial charge in [-0.2, -0.15) is 0 Å². The van der Waals surface area contributed by atoms with Crippen LogP contribution >= 0.6 is 0 Å². The molecule has 1 N–H and O–H groups in total. The van der Waals surface area contributed by atoms with E-state index in [1.807, 2.05) is 42.5 Å². The normalized spacial score (nSPS) is 11.7. The molecule has 0 saturated carbocycles. The molecule has 0 amide bonds. The maximum atomic E-state index is 11.6. The van der Waals surface area contributed by atoms with Gasteiger partial charge in [-0.15, -0.1) is 0 Å². The van der Waals surface area contributed by atoms with Crippen molar-refractivity contribution in [3.8, 4) is 5.75 Å². The molecule has 0 aliphatic rings. The fourth-order valence-corrected chi connectivity index (χ4v) is 2.23. The minimum Gasteiger partial charge on any atom is -0.497 e. The number of hydrogen-bond acceptors (Lipinski definition) is 4. The van der Waals surface area contributed by atoms with E-state index in [0.717, 1.165) is 11.3 Å². The molecule has 0 aliphatic carbocycles. The molecule has 0 saturated heterocycles. The standard InChI is InChI=1S/C18H21NO3/c1-21-16-10-8-15(9-11-16)17(12-18(20)22-2)19-13-14-6-4-3-5-7-14/h3-11,17,19H,12-13H2,1-2H3/t17-/m0/s1. The highest BCUT2D eigenvalue weighted by Crippen LogP contribution is 2.21. The second kappa shape index (κ2) is 8.20. The molecular weight excluding hydrogens is 278 g/mol. The van der Waals surface area contributed by atoms with E-state index in [0.29, 0.717) is 6.54 Å². The van der Waals surface area contributed by atoms with Gasteiger partial charge in [-0.1, -0.05) is 42.5 Å². The molecule has 0 spiro atoms.